The third-order valence-electron chi connectivity index (χ3n) is 3.73. The van der Waals surface area contributed by atoms with Gasteiger partial charge in [0.25, 0.3) is 0 Å². The molecule has 0 aliphatic heterocycles. The van der Waals surface area contributed by atoms with Gasteiger partial charge in [0.1, 0.15) is 17.6 Å². The molecule has 0 saturated carbocycles. The third-order valence-corrected chi connectivity index (χ3v) is 3.98. The van der Waals surface area contributed by atoms with Crippen LogP contribution in [0.15, 0.2) is 57.9 Å². The monoisotopic (exact) mass is 372 g/mol. The van der Waals surface area contributed by atoms with Gasteiger partial charge in [-0.2, -0.15) is 0 Å². The summed E-state index contributed by atoms with van der Waals surface area (Å²) in [5, 5.41) is 1.02. The van der Waals surface area contributed by atoms with Gasteiger partial charge in [-0.25, -0.2) is 4.79 Å². The zero-order valence-electron chi connectivity index (χ0n) is 14.2. The second-order valence-electron chi connectivity index (χ2n) is 5.65. The highest BCUT2D eigenvalue weighted by Gasteiger charge is 2.11. The van der Waals surface area contributed by atoms with Gasteiger partial charge in [0.05, 0.1) is 17.6 Å². The normalized spacial score (nSPS) is 10.7. The van der Waals surface area contributed by atoms with Crippen molar-refractivity contribution in [3.63, 3.8) is 0 Å². The summed E-state index contributed by atoms with van der Waals surface area (Å²) in [6.07, 6.45) is 2.16. The van der Waals surface area contributed by atoms with Gasteiger partial charge in [-0.1, -0.05) is 30.7 Å². The van der Waals surface area contributed by atoms with E-state index in [0.717, 1.165) is 12.0 Å². The Bertz CT molecular complexity index is 976. The van der Waals surface area contributed by atoms with Crippen molar-refractivity contribution in [3.8, 4) is 16.9 Å². The van der Waals surface area contributed by atoms with Crippen molar-refractivity contribution in [1.82, 2.24) is 0 Å². The van der Waals surface area contributed by atoms with Crippen molar-refractivity contribution in [2.75, 3.05) is 13.2 Å². The largest absolute Gasteiger partial charge is 0.482 e. The molecule has 0 saturated heterocycles. The Balaban J connectivity index is 1.83. The first-order valence-corrected chi connectivity index (χ1v) is 8.56. The van der Waals surface area contributed by atoms with Crippen LogP contribution in [0.3, 0.4) is 0 Å². The van der Waals surface area contributed by atoms with E-state index >= 15 is 0 Å². The highest BCUT2D eigenvalue weighted by Crippen LogP contribution is 2.24. The Kier molecular flexibility index (Phi) is 5.58. The molecule has 5 nitrogen and oxygen atoms in total. The van der Waals surface area contributed by atoms with E-state index in [1.165, 1.54) is 6.26 Å². The molecular formula is C20H17ClO5. The quantitative estimate of drug-likeness (QED) is 0.598. The number of benzene rings is 2. The number of esters is 1. The van der Waals surface area contributed by atoms with Crippen LogP contribution >= 0.6 is 11.6 Å². The van der Waals surface area contributed by atoms with Crippen LogP contribution in [0.4, 0.5) is 0 Å². The van der Waals surface area contributed by atoms with Gasteiger partial charge in [-0.05, 0) is 36.2 Å². The van der Waals surface area contributed by atoms with E-state index in [-0.39, 0.29) is 12.0 Å². The fourth-order valence-electron chi connectivity index (χ4n) is 2.43. The summed E-state index contributed by atoms with van der Waals surface area (Å²) in [6.45, 7) is 2.08. The molecule has 26 heavy (non-hydrogen) atoms. The predicted octanol–water partition coefficient (Wildman–Crippen LogP) is 4.45. The number of carbonyl (C=O) groups excluding carboxylic acids is 1. The minimum absolute atomic E-state index is 0.150. The molecule has 0 unspecified atom stereocenters. The Morgan fingerprint density at radius 3 is 2.65 bits per heavy atom. The van der Waals surface area contributed by atoms with Gasteiger partial charge in [-0.15, -0.1) is 0 Å². The van der Waals surface area contributed by atoms with Crippen LogP contribution in [-0.4, -0.2) is 19.2 Å². The molecule has 0 bridgehead atoms. The van der Waals surface area contributed by atoms with Gasteiger partial charge in [0.15, 0.2) is 12.0 Å². The fourth-order valence-corrected chi connectivity index (χ4v) is 2.55. The zero-order valence-corrected chi connectivity index (χ0v) is 14.9. The van der Waals surface area contributed by atoms with Crippen LogP contribution in [0.5, 0.6) is 5.75 Å². The SMILES string of the molecule is CCCOC(=O)COc1ccc2c(=O)c(-c3ccc(Cl)cc3)coc2c1. The highest BCUT2D eigenvalue weighted by atomic mass is 35.5. The molecule has 0 amide bonds. The smallest absolute Gasteiger partial charge is 0.344 e. The first-order valence-electron chi connectivity index (χ1n) is 8.18. The van der Waals surface area contributed by atoms with Crippen LogP contribution in [0.2, 0.25) is 5.02 Å². The van der Waals surface area contributed by atoms with Crippen LogP contribution in [0.25, 0.3) is 22.1 Å². The lowest BCUT2D eigenvalue weighted by molar-refractivity contribution is -0.146. The lowest BCUT2D eigenvalue weighted by Gasteiger charge is -2.07. The van der Waals surface area contributed by atoms with Crippen LogP contribution < -0.4 is 10.2 Å². The molecule has 134 valence electrons. The molecule has 0 aliphatic rings. The molecule has 6 heteroatoms. The average Bonchev–Trinajstić information content (AvgIpc) is 2.66. The minimum Gasteiger partial charge on any atom is -0.482 e. The topological polar surface area (TPSA) is 65.7 Å². The fraction of sp³-hybridized carbons (Fsp3) is 0.200. The second kappa shape index (κ2) is 8.06. The Morgan fingerprint density at radius 2 is 1.92 bits per heavy atom. The van der Waals surface area contributed by atoms with E-state index in [1.807, 2.05) is 6.92 Å². The first-order chi connectivity index (χ1) is 12.6. The molecular weight excluding hydrogens is 356 g/mol. The summed E-state index contributed by atoms with van der Waals surface area (Å²) in [4.78, 5) is 24.2. The van der Waals surface area contributed by atoms with Crippen molar-refractivity contribution < 1.29 is 18.7 Å². The first kappa shape index (κ1) is 18.0. The van der Waals surface area contributed by atoms with E-state index in [9.17, 15) is 9.59 Å². The van der Waals surface area contributed by atoms with Crippen molar-refractivity contribution in [1.29, 1.82) is 0 Å². The molecule has 0 radical (unpaired) electrons. The minimum atomic E-state index is -0.438. The summed E-state index contributed by atoms with van der Waals surface area (Å²) in [5.74, 6) is -0.0140. The lowest BCUT2D eigenvalue weighted by atomic mass is 10.1. The van der Waals surface area contributed by atoms with E-state index in [0.29, 0.717) is 33.9 Å². The van der Waals surface area contributed by atoms with E-state index in [2.05, 4.69) is 0 Å². The van der Waals surface area contributed by atoms with E-state index in [1.54, 1.807) is 42.5 Å². The molecule has 0 atom stereocenters. The molecule has 3 rings (SSSR count). The maximum Gasteiger partial charge on any atom is 0.344 e. The molecule has 3 aromatic rings. The van der Waals surface area contributed by atoms with Gasteiger partial charge >= 0.3 is 5.97 Å². The predicted molar refractivity (Wildman–Crippen MR) is 99.7 cm³/mol. The van der Waals surface area contributed by atoms with Crippen molar-refractivity contribution in [3.05, 3.63) is 64.0 Å². The molecule has 0 N–H and O–H groups in total. The number of halogens is 1. The van der Waals surface area contributed by atoms with E-state index < -0.39 is 5.97 Å². The summed E-state index contributed by atoms with van der Waals surface area (Å²) in [5.41, 5.74) is 1.41. The number of hydrogen-bond donors (Lipinski definition) is 0. The summed E-state index contributed by atoms with van der Waals surface area (Å²) >= 11 is 5.88. The molecule has 0 spiro atoms. The van der Waals surface area contributed by atoms with Gasteiger partial charge in [0.2, 0.25) is 0 Å². The highest BCUT2D eigenvalue weighted by molar-refractivity contribution is 6.30. The zero-order chi connectivity index (χ0) is 18.5. The summed E-state index contributed by atoms with van der Waals surface area (Å²) in [6, 6.07) is 11.8. The summed E-state index contributed by atoms with van der Waals surface area (Å²) in [7, 11) is 0. The van der Waals surface area contributed by atoms with Crippen molar-refractivity contribution in [2.24, 2.45) is 0 Å². The number of rotatable bonds is 6. The number of carbonyl (C=O) groups is 1. The Labute approximate surface area is 155 Å². The van der Waals surface area contributed by atoms with Crippen LogP contribution in [0, 0.1) is 0 Å². The number of ether oxygens (including phenoxy) is 2. The van der Waals surface area contributed by atoms with Crippen LogP contribution in [-0.2, 0) is 9.53 Å². The third kappa shape index (κ3) is 4.06. The average molecular weight is 373 g/mol. The van der Waals surface area contributed by atoms with E-state index in [4.69, 9.17) is 25.5 Å². The van der Waals surface area contributed by atoms with Gasteiger partial charge in [0, 0.05) is 11.1 Å². The van der Waals surface area contributed by atoms with Crippen molar-refractivity contribution in [2.45, 2.75) is 13.3 Å². The van der Waals surface area contributed by atoms with Crippen molar-refractivity contribution >= 4 is 28.5 Å². The molecule has 1 aromatic heterocycles. The Hall–Kier alpha value is -2.79. The molecule has 0 aliphatic carbocycles. The maximum absolute atomic E-state index is 12.7. The van der Waals surface area contributed by atoms with Gasteiger partial charge in [-0.3, -0.25) is 4.79 Å². The Morgan fingerprint density at radius 1 is 1.15 bits per heavy atom. The molecule has 0 fully saturated rings. The second-order valence-corrected chi connectivity index (χ2v) is 6.09. The number of fused-ring (bicyclic) bond motifs is 1. The van der Waals surface area contributed by atoms with Gasteiger partial charge < -0.3 is 13.9 Å². The summed E-state index contributed by atoms with van der Waals surface area (Å²) < 4.78 is 15.9. The maximum atomic E-state index is 12.7. The molecule has 1 heterocycles. The standard InChI is InChI=1S/C20H17ClO5/c1-2-9-24-19(22)12-25-15-7-8-16-18(10-15)26-11-17(20(16)23)13-3-5-14(21)6-4-13/h3-8,10-11H,2,9,12H2,1H3. The number of hydrogen-bond acceptors (Lipinski definition) is 5. The van der Waals surface area contributed by atoms with Crippen LogP contribution in [0.1, 0.15) is 13.3 Å². The molecule has 2 aromatic carbocycles. The lowest BCUT2D eigenvalue weighted by Crippen LogP contribution is -2.15.